The van der Waals surface area contributed by atoms with Crippen LogP contribution in [-0.2, 0) is 0 Å². The van der Waals surface area contributed by atoms with Crippen molar-refractivity contribution in [1.29, 1.82) is 0 Å². The van der Waals surface area contributed by atoms with E-state index in [1.54, 1.807) is 0 Å². The molecule has 2 N–H and O–H groups in total. The molecule has 1 aliphatic carbocycles. The molecule has 1 aliphatic heterocycles. The lowest BCUT2D eigenvalue weighted by molar-refractivity contribution is -0.0299. The van der Waals surface area contributed by atoms with E-state index in [1.807, 2.05) is 0 Å². The predicted molar refractivity (Wildman–Crippen MR) is 78.6 cm³/mol. The molecule has 18 heavy (non-hydrogen) atoms. The summed E-state index contributed by atoms with van der Waals surface area (Å²) < 4.78 is 0. The number of hydrogen-bond donors (Lipinski definition) is 1. The molecular weight excluding hydrogens is 220 g/mol. The lowest BCUT2D eigenvalue weighted by Gasteiger charge is -2.54. The van der Waals surface area contributed by atoms with E-state index in [0.29, 0.717) is 5.54 Å². The zero-order valence-corrected chi connectivity index (χ0v) is 12.6. The maximum atomic E-state index is 6.25. The van der Waals surface area contributed by atoms with Crippen LogP contribution in [-0.4, -0.2) is 30.1 Å². The van der Waals surface area contributed by atoms with E-state index < -0.39 is 0 Å². The lowest BCUT2D eigenvalue weighted by atomic mass is 9.66. The molecule has 0 amide bonds. The highest BCUT2D eigenvalue weighted by Crippen LogP contribution is 2.42. The molecule has 2 nitrogen and oxygen atoms in total. The maximum Gasteiger partial charge on any atom is 0.0359 e. The van der Waals surface area contributed by atoms with Gasteiger partial charge in [-0.15, -0.1) is 0 Å². The minimum absolute atomic E-state index is 0.316. The van der Waals surface area contributed by atoms with E-state index in [4.69, 9.17) is 5.73 Å². The fourth-order valence-corrected chi connectivity index (χ4v) is 4.39. The van der Waals surface area contributed by atoms with E-state index in [2.05, 4.69) is 25.7 Å². The Morgan fingerprint density at radius 3 is 2.39 bits per heavy atom. The number of hydrogen-bond acceptors (Lipinski definition) is 2. The van der Waals surface area contributed by atoms with Gasteiger partial charge in [-0.2, -0.15) is 0 Å². The van der Waals surface area contributed by atoms with Crippen LogP contribution in [0.1, 0.15) is 59.3 Å². The smallest absolute Gasteiger partial charge is 0.0359 e. The Bertz CT molecular complexity index is 258. The number of nitrogens with zero attached hydrogens (tertiary/aromatic N) is 1. The van der Waals surface area contributed by atoms with Crippen LogP contribution in [0.4, 0.5) is 0 Å². The van der Waals surface area contributed by atoms with Crippen molar-refractivity contribution < 1.29 is 0 Å². The first-order valence-corrected chi connectivity index (χ1v) is 8.09. The zero-order valence-electron chi connectivity index (χ0n) is 12.6. The highest BCUT2D eigenvalue weighted by Gasteiger charge is 2.45. The molecule has 106 valence electrons. The number of piperidine rings is 1. The van der Waals surface area contributed by atoms with Gasteiger partial charge in [-0.1, -0.05) is 40.0 Å². The first-order chi connectivity index (χ1) is 8.64. The van der Waals surface area contributed by atoms with E-state index in [0.717, 1.165) is 24.3 Å². The molecular formula is C16H32N2. The first-order valence-electron chi connectivity index (χ1n) is 8.09. The Balaban J connectivity index is 2.07. The van der Waals surface area contributed by atoms with E-state index in [1.165, 1.54) is 51.6 Å². The van der Waals surface area contributed by atoms with Gasteiger partial charge in [0.25, 0.3) is 0 Å². The van der Waals surface area contributed by atoms with Gasteiger partial charge in [-0.05, 0) is 50.1 Å². The molecule has 1 heterocycles. The van der Waals surface area contributed by atoms with Gasteiger partial charge in [0, 0.05) is 12.1 Å². The molecule has 0 aromatic heterocycles. The quantitative estimate of drug-likeness (QED) is 0.835. The molecule has 2 fully saturated rings. The fourth-order valence-electron chi connectivity index (χ4n) is 4.39. The summed E-state index contributed by atoms with van der Waals surface area (Å²) in [7, 11) is 0. The second-order valence-corrected chi connectivity index (χ2v) is 6.80. The van der Waals surface area contributed by atoms with E-state index in [9.17, 15) is 0 Å². The number of likely N-dealkylation sites (tertiary alicyclic amines) is 1. The van der Waals surface area contributed by atoms with Crippen LogP contribution in [0, 0.1) is 17.8 Å². The summed E-state index contributed by atoms with van der Waals surface area (Å²) in [6.45, 7) is 10.6. The van der Waals surface area contributed by atoms with Crippen molar-refractivity contribution in [3.8, 4) is 0 Å². The molecule has 3 unspecified atom stereocenters. The van der Waals surface area contributed by atoms with Gasteiger partial charge in [0.15, 0.2) is 0 Å². The zero-order chi connectivity index (χ0) is 13.2. The van der Waals surface area contributed by atoms with Crippen molar-refractivity contribution in [2.45, 2.75) is 64.8 Å². The molecule has 2 heteroatoms. The minimum Gasteiger partial charge on any atom is -0.329 e. The van der Waals surface area contributed by atoms with Gasteiger partial charge in [0.1, 0.15) is 0 Å². The van der Waals surface area contributed by atoms with E-state index in [-0.39, 0.29) is 0 Å². The molecule has 1 saturated heterocycles. The van der Waals surface area contributed by atoms with Gasteiger partial charge in [0.05, 0.1) is 0 Å². The first kappa shape index (κ1) is 14.3. The SMILES string of the molecule is CCC1CCN(C2(CN)CCCC(C)C2C)CC1. The summed E-state index contributed by atoms with van der Waals surface area (Å²) in [5.41, 5.74) is 6.56. The summed E-state index contributed by atoms with van der Waals surface area (Å²) >= 11 is 0. The third kappa shape index (κ3) is 2.46. The van der Waals surface area contributed by atoms with Gasteiger partial charge >= 0.3 is 0 Å². The fraction of sp³-hybridized carbons (Fsp3) is 1.00. The van der Waals surface area contributed by atoms with Crippen LogP contribution in [0.15, 0.2) is 0 Å². The molecule has 3 atom stereocenters. The second-order valence-electron chi connectivity index (χ2n) is 6.80. The Kier molecular flexibility index (Phi) is 4.71. The predicted octanol–water partition coefficient (Wildman–Crippen LogP) is 3.26. The monoisotopic (exact) mass is 252 g/mol. The molecule has 2 rings (SSSR count). The third-order valence-electron chi connectivity index (χ3n) is 6.15. The number of nitrogens with two attached hydrogens (primary N) is 1. The van der Waals surface area contributed by atoms with Gasteiger partial charge in [-0.25, -0.2) is 0 Å². The molecule has 0 spiro atoms. The van der Waals surface area contributed by atoms with Crippen molar-refractivity contribution in [2.75, 3.05) is 19.6 Å². The largest absolute Gasteiger partial charge is 0.329 e. The van der Waals surface area contributed by atoms with Crippen molar-refractivity contribution >= 4 is 0 Å². The Morgan fingerprint density at radius 2 is 1.83 bits per heavy atom. The van der Waals surface area contributed by atoms with Crippen molar-refractivity contribution in [1.82, 2.24) is 4.90 Å². The summed E-state index contributed by atoms with van der Waals surface area (Å²) in [4.78, 5) is 2.76. The highest BCUT2D eigenvalue weighted by atomic mass is 15.2. The molecule has 2 aliphatic rings. The summed E-state index contributed by atoms with van der Waals surface area (Å²) in [6, 6.07) is 0. The topological polar surface area (TPSA) is 29.3 Å². The van der Waals surface area contributed by atoms with Crippen LogP contribution >= 0.6 is 0 Å². The molecule has 0 bridgehead atoms. The molecule has 0 aromatic rings. The van der Waals surface area contributed by atoms with E-state index >= 15 is 0 Å². The Morgan fingerprint density at radius 1 is 1.17 bits per heavy atom. The maximum absolute atomic E-state index is 6.25. The van der Waals surface area contributed by atoms with Gasteiger partial charge in [-0.3, -0.25) is 4.90 Å². The molecule has 0 aromatic carbocycles. The van der Waals surface area contributed by atoms with Crippen molar-refractivity contribution in [2.24, 2.45) is 23.5 Å². The van der Waals surface area contributed by atoms with Crippen molar-refractivity contribution in [3.05, 3.63) is 0 Å². The van der Waals surface area contributed by atoms with Crippen LogP contribution in [0.2, 0.25) is 0 Å². The van der Waals surface area contributed by atoms with Gasteiger partial charge in [0.2, 0.25) is 0 Å². The number of rotatable bonds is 3. The normalized spacial score (nSPS) is 40.0. The highest BCUT2D eigenvalue weighted by molar-refractivity contribution is 5.01. The van der Waals surface area contributed by atoms with Crippen LogP contribution in [0.5, 0.6) is 0 Å². The average molecular weight is 252 g/mol. The molecule has 0 radical (unpaired) electrons. The third-order valence-corrected chi connectivity index (χ3v) is 6.15. The Hall–Kier alpha value is -0.0800. The van der Waals surface area contributed by atoms with Crippen molar-refractivity contribution in [3.63, 3.8) is 0 Å². The summed E-state index contributed by atoms with van der Waals surface area (Å²) in [5, 5.41) is 0. The standard InChI is InChI=1S/C16H32N2/c1-4-15-7-10-18(11-8-15)16(12-17)9-5-6-13(2)14(16)3/h13-15H,4-12,17H2,1-3H3. The van der Waals surface area contributed by atoms with Crippen LogP contribution < -0.4 is 5.73 Å². The second kappa shape index (κ2) is 5.92. The van der Waals surface area contributed by atoms with Crippen LogP contribution in [0.3, 0.4) is 0 Å². The average Bonchev–Trinajstić information content (AvgIpc) is 2.42. The summed E-state index contributed by atoms with van der Waals surface area (Å²) in [5.74, 6) is 2.56. The lowest BCUT2D eigenvalue weighted by Crippen LogP contribution is -2.62. The minimum atomic E-state index is 0.316. The summed E-state index contributed by atoms with van der Waals surface area (Å²) in [6.07, 6.45) is 8.23. The van der Waals surface area contributed by atoms with Crippen LogP contribution in [0.25, 0.3) is 0 Å². The molecule has 1 saturated carbocycles. The Labute approximate surface area is 113 Å². The van der Waals surface area contributed by atoms with Gasteiger partial charge < -0.3 is 5.73 Å².